The zero-order valence-corrected chi connectivity index (χ0v) is 15.2. The first kappa shape index (κ1) is 16.8. The molecule has 0 unspecified atom stereocenters. The van der Waals surface area contributed by atoms with Crippen molar-refractivity contribution in [3.8, 4) is 0 Å². The number of rotatable bonds is 4. The average molecular weight is 350 g/mol. The van der Waals surface area contributed by atoms with Crippen molar-refractivity contribution in [2.75, 3.05) is 11.1 Å². The summed E-state index contributed by atoms with van der Waals surface area (Å²) in [5, 5.41) is 8.05. The van der Waals surface area contributed by atoms with E-state index in [1.807, 2.05) is 41.0 Å². The highest BCUT2D eigenvalue weighted by Gasteiger charge is 2.24. The normalized spacial score (nSPS) is 20.4. The predicted octanol–water partition coefficient (Wildman–Crippen LogP) is 3.60. The van der Waals surface area contributed by atoms with Crippen LogP contribution in [0.2, 0.25) is 0 Å². The van der Waals surface area contributed by atoms with E-state index in [0.717, 1.165) is 60.4 Å². The molecule has 0 atom stereocenters. The number of para-hydroxylation sites is 1. The quantitative estimate of drug-likeness (QED) is 0.668. The van der Waals surface area contributed by atoms with Gasteiger partial charge in [-0.15, -0.1) is 5.10 Å². The molecule has 0 bridgehead atoms. The molecule has 0 radical (unpaired) electrons. The van der Waals surface area contributed by atoms with Gasteiger partial charge in [-0.3, -0.25) is 0 Å². The maximum atomic E-state index is 6.24. The van der Waals surface area contributed by atoms with Gasteiger partial charge in [-0.05, 0) is 44.2 Å². The molecular formula is C20H26N6. The second-order valence-corrected chi connectivity index (χ2v) is 7.13. The summed E-state index contributed by atoms with van der Waals surface area (Å²) in [7, 11) is 0. The summed E-state index contributed by atoms with van der Waals surface area (Å²) in [4.78, 5) is 4.95. The largest absolute Gasteiger partial charge is 0.382 e. The van der Waals surface area contributed by atoms with Crippen molar-refractivity contribution in [1.82, 2.24) is 14.6 Å². The molecule has 4 rings (SSSR count). The molecule has 2 aromatic heterocycles. The third kappa shape index (κ3) is 3.12. The molecule has 2 heterocycles. The smallest absolute Gasteiger partial charge is 0.178 e. The van der Waals surface area contributed by atoms with Crippen LogP contribution in [0.4, 0.5) is 17.2 Å². The van der Waals surface area contributed by atoms with E-state index in [1.54, 1.807) is 0 Å². The van der Waals surface area contributed by atoms with Crippen molar-refractivity contribution in [2.24, 2.45) is 5.73 Å². The van der Waals surface area contributed by atoms with E-state index in [0.29, 0.717) is 17.8 Å². The van der Waals surface area contributed by atoms with Crippen LogP contribution in [0, 0.1) is 0 Å². The fourth-order valence-corrected chi connectivity index (χ4v) is 3.84. The van der Waals surface area contributed by atoms with Gasteiger partial charge in [-0.2, -0.15) is 0 Å². The molecule has 136 valence electrons. The first-order chi connectivity index (χ1) is 12.7. The number of aromatic nitrogens is 3. The van der Waals surface area contributed by atoms with Gasteiger partial charge in [0.1, 0.15) is 5.82 Å². The van der Waals surface area contributed by atoms with Crippen molar-refractivity contribution < 1.29 is 0 Å². The van der Waals surface area contributed by atoms with Crippen LogP contribution < -0.4 is 16.8 Å². The number of nitrogens with one attached hydrogen (secondary N) is 1. The maximum absolute atomic E-state index is 6.24. The van der Waals surface area contributed by atoms with Crippen molar-refractivity contribution in [1.29, 1.82) is 0 Å². The van der Waals surface area contributed by atoms with E-state index < -0.39 is 0 Å². The van der Waals surface area contributed by atoms with Crippen LogP contribution in [-0.4, -0.2) is 20.6 Å². The Morgan fingerprint density at radius 3 is 2.58 bits per heavy atom. The van der Waals surface area contributed by atoms with E-state index in [9.17, 15) is 0 Å². The lowest BCUT2D eigenvalue weighted by atomic mass is 9.85. The Kier molecular flexibility index (Phi) is 4.51. The number of imidazole rings is 1. The lowest BCUT2D eigenvalue weighted by molar-refractivity contribution is 0.391. The standard InChI is InChI=1S/C20H26N6/c1-2-16-18(23-15-6-4-3-5-7-15)20-24-17(12-26(20)25-19(16)22)13-8-10-14(21)11-9-13/h3-7,12-14,23H,2,8-11,21H2,1H3,(H2,22,25)/t13-,14+. The first-order valence-corrected chi connectivity index (χ1v) is 9.41. The van der Waals surface area contributed by atoms with Gasteiger partial charge in [-0.25, -0.2) is 9.50 Å². The molecule has 0 saturated heterocycles. The Morgan fingerprint density at radius 1 is 1.15 bits per heavy atom. The van der Waals surface area contributed by atoms with Crippen LogP contribution >= 0.6 is 0 Å². The van der Waals surface area contributed by atoms with Gasteiger partial charge in [-0.1, -0.05) is 25.1 Å². The number of fused-ring (bicyclic) bond motifs is 1. The van der Waals surface area contributed by atoms with Gasteiger partial charge >= 0.3 is 0 Å². The number of nitrogen functional groups attached to an aromatic ring is 1. The minimum absolute atomic E-state index is 0.332. The molecule has 1 aliphatic rings. The minimum atomic E-state index is 0.332. The van der Waals surface area contributed by atoms with E-state index in [4.69, 9.17) is 16.5 Å². The van der Waals surface area contributed by atoms with Gasteiger partial charge in [0.25, 0.3) is 0 Å². The molecule has 26 heavy (non-hydrogen) atoms. The van der Waals surface area contributed by atoms with E-state index in [1.165, 1.54) is 0 Å². The Bertz CT molecular complexity index is 894. The third-order valence-corrected chi connectivity index (χ3v) is 5.34. The molecule has 6 nitrogen and oxygen atoms in total. The predicted molar refractivity (Wildman–Crippen MR) is 106 cm³/mol. The number of hydrogen-bond acceptors (Lipinski definition) is 5. The second kappa shape index (κ2) is 6.96. The van der Waals surface area contributed by atoms with E-state index >= 15 is 0 Å². The highest BCUT2D eigenvalue weighted by atomic mass is 15.3. The number of anilines is 3. The molecule has 1 saturated carbocycles. The van der Waals surface area contributed by atoms with Crippen LogP contribution in [0.25, 0.3) is 5.65 Å². The maximum Gasteiger partial charge on any atom is 0.178 e. The number of nitrogens with two attached hydrogens (primary N) is 2. The van der Waals surface area contributed by atoms with Crippen LogP contribution in [-0.2, 0) is 6.42 Å². The monoisotopic (exact) mass is 350 g/mol. The van der Waals surface area contributed by atoms with Gasteiger partial charge < -0.3 is 16.8 Å². The van der Waals surface area contributed by atoms with Crippen LogP contribution in [0.3, 0.4) is 0 Å². The highest BCUT2D eigenvalue weighted by molar-refractivity contribution is 5.80. The summed E-state index contributed by atoms with van der Waals surface area (Å²) in [6, 6.07) is 10.4. The van der Waals surface area contributed by atoms with Crippen LogP contribution in [0.1, 0.15) is 49.8 Å². The molecule has 6 heteroatoms. The fraction of sp³-hybridized carbons (Fsp3) is 0.400. The van der Waals surface area contributed by atoms with Crippen LogP contribution in [0.5, 0.6) is 0 Å². The lowest BCUT2D eigenvalue weighted by Gasteiger charge is -2.24. The van der Waals surface area contributed by atoms with E-state index in [2.05, 4.69) is 17.3 Å². The molecule has 0 spiro atoms. The van der Waals surface area contributed by atoms with E-state index in [-0.39, 0.29) is 0 Å². The topological polar surface area (TPSA) is 94.3 Å². The minimum Gasteiger partial charge on any atom is -0.382 e. The SMILES string of the molecule is CCc1c(N)nn2cc([C@H]3CC[C@@H](N)CC3)nc2c1Nc1ccccc1. The molecule has 1 aliphatic carbocycles. The van der Waals surface area contributed by atoms with Gasteiger partial charge in [0.15, 0.2) is 5.65 Å². The highest BCUT2D eigenvalue weighted by Crippen LogP contribution is 2.34. The summed E-state index contributed by atoms with van der Waals surface area (Å²) in [5.74, 6) is 1.00. The summed E-state index contributed by atoms with van der Waals surface area (Å²) < 4.78 is 1.82. The number of hydrogen-bond donors (Lipinski definition) is 3. The summed E-state index contributed by atoms with van der Waals surface area (Å²) in [6.45, 7) is 2.09. The second-order valence-electron chi connectivity index (χ2n) is 7.13. The Morgan fingerprint density at radius 2 is 1.88 bits per heavy atom. The Balaban J connectivity index is 1.77. The Hall–Kier alpha value is -2.60. The zero-order chi connectivity index (χ0) is 18.1. The van der Waals surface area contributed by atoms with Crippen molar-refractivity contribution in [3.05, 3.63) is 47.8 Å². The number of nitrogens with zero attached hydrogens (tertiary/aromatic N) is 3. The molecule has 1 fully saturated rings. The number of benzene rings is 1. The third-order valence-electron chi connectivity index (χ3n) is 5.34. The van der Waals surface area contributed by atoms with Crippen molar-refractivity contribution in [2.45, 2.75) is 51.0 Å². The van der Waals surface area contributed by atoms with Gasteiger partial charge in [0.2, 0.25) is 0 Å². The van der Waals surface area contributed by atoms with Crippen molar-refractivity contribution in [3.63, 3.8) is 0 Å². The molecular weight excluding hydrogens is 324 g/mol. The molecule has 1 aromatic carbocycles. The summed E-state index contributed by atoms with van der Waals surface area (Å²) in [5.41, 5.74) is 17.2. The average Bonchev–Trinajstić information content (AvgIpc) is 3.07. The Labute approximate surface area is 153 Å². The summed E-state index contributed by atoms with van der Waals surface area (Å²) in [6.07, 6.45) is 7.12. The fourth-order valence-electron chi connectivity index (χ4n) is 3.84. The first-order valence-electron chi connectivity index (χ1n) is 9.41. The lowest BCUT2D eigenvalue weighted by Crippen LogP contribution is -2.25. The molecule has 5 N–H and O–H groups in total. The molecule has 0 amide bonds. The molecule has 3 aromatic rings. The van der Waals surface area contributed by atoms with Gasteiger partial charge in [0.05, 0.1) is 17.6 Å². The van der Waals surface area contributed by atoms with Crippen molar-refractivity contribution >= 4 is 22.8 Å². The zero-order valence-electron chi connectivity index (χ0n) is 15.2. The summed E-state index contributed by atoms with van der Waals surface area (Å²) >= 11 is 0. The van der Waals surface area contributed by atoms with Crippen LogP contribution in [0.15, 0.2) is 36.5 Å². The van der Waals surface area contributed by atoms with Gasteiger partial charge in [0, 0.05) is 23.2 Å². The molecule has 0 aliphatic heterocycles.